The number of aryl methyl sites for hydroxylation is 1. The third-order valence-electron chi connectivity index (χ3n) is 4.89. The highest BCUT2D eigenvalue weighted by Crippen LogP contribution is 2.21. The lowest BCUT2D eigenvalue weighted by atomic mass is 9.97. The predicted molar refractivity (Wildman–Crippen MR) is 104 cm³/mol. The smallest absolute Gasteiger partial charge is 0.237 e. The first-order chi connectivity index (χ1) is 12.8. The predicted octanol–water partition coefficient (Wildman–Crippen LogP) is 3.00. The molecule has 6 nitrogen and oxygen atoms in total. The van der Waals surface area contributed by atoms with Gasteiger partial charge in [-0.2, -0.15) is 4.98 Å². The second-order valence-electron chi connectivity index (χ2n) is 8.42. The average molecular weight is 370 g/mol. The maximum Gasteiger partial charge on any atom is 0.237 e. The standard InChI is InChI=1S/C21H30N4O2/c1-15-7-5-8-16(13-15)14-25-12-6-9-17(25)19(26)22-11-10-18-23-20(27-24-18)21(2,3)4/h5,7-8,13,17H,6,9-12,14H2,1-4H3,(H,22,26). The second kappa shape index (κ2) is 8.21. The Morgan fingerprint density at radius 2 is 2.19 bits per heavy atom. The van der Waals surface area contributed by atoms with Crippen LogP contribution in [0.15, 0.2) is 28.8 Å². The van der Waals surface area contributed by atoms with E-state index in [-0.39, 0.29) is 17.4 Å². The summed E-state index contributed by atoms with van der Waals surface area (Å²) in [6.45, 7) is 10.5. The zero-order chi connectivity index (χ0) is 19.4. The molecule has 6 heteroatoms. The topological polar surface area (TPSA) is 71.3 Å². The van der Waals surface area contributed by atoms with Crippen LogP contribution >= 0.6 is 0 Å². The Kier molecular flexibility index (Phi) is 5.95. The van der Waals surface area contributed by atoms with Crippen LogP contribution in [0.25, 0.3) is 0 Å². The van der Waals surface area contributed by atoms with Crippen molar-refractivity contribution in [2.24, 2.45) is 0 Å². The van der Waals surface area contributed by atoms with Gasteiger partial charge in [0, 0.05) is 24.9 Å². The summed E-state index contributed by atoms with van der Waals surface area (Å²) in [5, 5.41) is 7.05. The Bertz CT molecular complexity index is 778. The van der Waals surface area contributed by atoms with Gasteiger partial charge in [0.25, 0.3) is 0 Å². The van der Waals surface area contributed by atoms with E-state index >= 15 is 0 Å². The Labute approximate surface area is 161 Å². The van der Waals surface area contributed by atoms with E-state index in [0.29, 0.717) is 24.7 Å². The maximum absolute atomic E-state index is 12.7. The van der Waals surface area contributed by atoms with E-state index in [0.717, 1.165) is 25.9 Å². The van der Waals surface area contributed by atoms with E-state index in [2.05, 4.69) is 51.5 Å². The first-order valence-electron chi connectivity index (χ1n) is 9.73. The molecule has 1 aromatic carbocycles. The summed E-state index contributed by atoms with van der Waals surface area (Å²) in [6, 6.07) is 8.44. The normalized spacial score (nSPS) is 18.0. The number of nitrogens with one attached hydrogen (secondary N) is 1. The number of carbonyl (C=O) groups excluding carboxylic acids is 1. The molecule has 1 amide bonds. The number of amides is 1. The molecule has 1 aliphatic rings. The largest absolute Gasteiger partial charge is 0.354 e. The Balaban J connectivity index is 1.50. The van der Waals surface area contributed by atoms with Gasteiger partial charge >= 0.3 is 0 Å². The average Bonchev–Trinajstić information content (AvgIpc) is 3.24. The van der Waals surface area contributed by atoms with Gasteiger partial charge in [-0.15, -0.1) is 0 Å². The highest BCUT2D eigenvalue weighted by Gasteiger charge is 2.30. The molecule has 1 atom stereocenters. The molecule has 0 aliphatic carbocycles. The molecular formula is C21H30N4O2. The van der Waals surface area contributed by atoms with E-state index in [1.165, 1.54) is 11.1 Å². The summed E-state index contributed by atoms with van der Waals surface area (Å²) in [5.41, 5.74) is 2.35. The van der Waals surface area contributed by atoms with Crippen LogP contribution in [0.3, 0.4) is 0 Å². The molecule has 1 aliphatic heterocycles. The lowest BCUT2D eigenvalue weighted by Crippen LogP contribution is -2.43. The fourth-order valence-corrected chi connectivity index (χ4v) is 3.43. The number of hydrogen-bond donors (Lipinski definition) is 1. The lowest BCUT2D eigenvalue weighted by molar-refractivity contribution is -0.125. The van der Waals surface area contributed by atoms with Gasteiger partial charge in [0.1, 0.15) is 0 Å². The van der Waals surface area contributed by atoms with Crippen molar-refractivity contribution in [2.75, 3.05) is 13.1 Å². The van der Waals surface area contributed by atoms with Crippen molar-refractivity contribution < 1.29 is 9.32 Å². The molecule has 0 saturated carbocycles. The number of nitrogens with zero attached hydrogens (tertiary/aromatic N) is 3. The van der Waals surface area contributed by atoms with Gasteiger partial charge in [-0.3, -0.25) is 9.69 Å². The SMILES string of the molecule is Cc1cccc(CN2CCCC2C(=O)NCCc2noc(C(C)(C)C)n2)c1. The molecule has 1 aromatic heterocycles. The van der Waals surface area contributed by atoms with E-state index in [4.69, 9.17) is 4.52 Å². The highest BCUT2D eigenvalue weighted by molar-refractivity contribution is 5.82. The van der Waals surface area contributed by atoms with Crippen LogP contribution in [-0.4, -0.2) is 40.1 Å². The Hall–Kier alpha value is -2.21. The van der Waals surface area contributed by atoms with Crippen molar-refractivity contribution >= 4 is 5.91 Å². The summed E-state index contributed by atoms with van der Waals surface area (Å²) in [5.74, 6) is 1.37. The molecule has 27 heavy (non-hydrogen) atoms. The zero-order valence-electron chi connectivity index (χ0n) is 16.8. The van der Waals surface area contributed by atoms with Crippen LogP contribution in [0.5, 0.6) is 0 Å². The summed E-state index contributed by atoms with van der Waals surface area (Å²) in [4.78, 5) is 19.3. The number of aromatic nitrogens is 2. The van der Waals surface area contributed by atoms with Crippen LogP contribution in [0.2, 0.25) is 0 Å². The molecule has 0 radical (unpaired) electrons. The first kappa shape index (κ1) is 19.5. The fourth-order valence-electron chi connectivity index (χ4n) is 3.43. The van der Waals surface area contributed by atoms with Crippen LogP contribution in [-0.2, 0) is 23.2 Å². The molecule has 3 rings (SSSR count). The molecule has 2 heterocycles. The van der Waals surface area contributed by atoms with Crippen molar-refractivity contribution in [1.82, 2.24) is 20.4 Å². The van der Waals surface area contributed by atoms with Gasteiger partial charge in [0.15, 0.2) is 5.82 Å². The minimum atomic E-state index is -0.158. The molecule has 1 saturated heterocycles. The fraction of sp³-hybridized carbons (Fsp3) is 0.571. The van der Waals surface area contributed by atoms with Crippen LogP contribution in [0.1, 0.15) is 56.5 Å². The monoisotopic (exact) mass is 370 g/mol. The Morgan fingerprint density at radius 1 is 1.37 bits per heavy atom. The van der Waals surface area contributed by atoms with Crippen molar-refractivity contribution in [1.29, 1.82) is 0 Å². The van der Waals surface area contributed by atoms with Crippen molar-refractivity contribution in [3.8, 4) is 0 Å². The van der Waals surface area contributed by atoms with E-state index in [1.54, 1.807) is 0 Å². The minimum absolute atomic E-state index is 0.0547. The molecule has 0 bridgehead atoms. The number of carbonyl (C=O) groups is 1. The molecule has 1 unspecified atom stereocenters. The van der Waals surface area contributed by atoms with Gasteiger partial charge in [0.2, 0.25) is 11.8 Å². The third kappa shape index (κ3) is 5.16. The number of likely N-dealkylation sites (tertiary alicyclic amines) is 1. The number of rotatable bonds is 6. The van der Waals surface area contributed by atoms with Gasteiger partial charge in [-0.1, -0.05) is 55.8 Å². The van der Waals surface area contributed by atoms with Gasteiger partial charge in [-0.25, -0.2) is 0 Å². The van der Waals surface area contributed by atoms with Gasteiger partial charge in [-0.05, 0) is 31.9 Å². The lowest BCUT2D eigenvalue weighted by Gasteiger charge is -2.23. The zero-order valence-corrected chi connectivity index (χ0v) is 16.8. The molecule has 0 spiro atoms. The third-order valence-corrected chi connectivity index (χ3v) is 4.89. The summed E-state index contributed by atoms with van der Waals surface area (Å²) >= 11 is 0. The van der Waals surface area contributed by atoms with Crippen LogP contribution in [0.4, 0.5) is 0 Å². The van der Waals surface area contributed by atoms with E-state index in [1.807, 2.05) is 20.8 Å². The highest BCUT2D eigenvalue weighted by atomic mass is 16.5. The van der Waals surface area contributed by atoms with Crippen molar-refractivity contribution in [2.45, 2.75) is 65.0 Å². The van der Waals surface area contributed by atoms with Crippen molar-refractivity contribution in [3.63, 3.8) is 0 Å². The Morgan fingerprint density at radius 3 is 2.89 bits per heavy atom. The summed E-state index contributed by atoms with van der Waals surface area (Å²) < 4.78 is 5.30. The quantitative estimate of drug-likeness (QED) is 0.846. The number of hydrogen-bond acceptors (Lipinski definition) is 5. The molecule has 1 fully saturated rings. The molecular weight excluding hydrogens is 340 g/mol. The second-order valence-corrected chi connectivity index (χ2v) is 8.42. The summed E-state index contributed by atoms with van der Waals surface area (Å²) in [7, 11) is 0. The minimum Gasteiger partial charge on any atom is -0.354 e. The van der Waals surface area contributed by atoms with E-state index in [9.17, 15) is 4.79 Å². The summed E-state index contributed by atoms with van der Waals surface area (Å²) in [6.07, 6.45) is 2.55. The first-order valence-corrected chi connectivity index (χ1v) is 9.73. The van der Waals surface area contributed by atoms with Gasteiger partial charge in [0.05, 0.1) is 6.04 Å². The van der Waals surface area contributed by atoms with Crippen molar-refractivity contribution in [3.05, 3.63) is 47.1 Å². The number of benzene rings is 1. The van der Waals surface area contributed by atoms with Crippen LogP contribution < -0.4 is 5.32 Å². The molecule has 146 valence electrons. The van der Waals surface area contributed by atoms with Gasteiger partial charge < -0.3 is 9.84 Å². The molecule has 2 aromatic rings. The van der Waals surface area contributed by atoms with Crippen LogP contribution in [0, 0.1) is 6.92 Å². The maximum atomic E-state index is 12.7. The molecule has 1 N–H and O–H groups in total. The van der Waals surface area contributed by atoms with E-state index < -0.39 is 0 Å².